The zero-order valence-electron chi connectivity index (χ0n) is 18.6. The predicted octanol–water partition coefficient (Wildman–Crippen LogP) is 3.48. The van der Waals surface area contributed by atoms with Crippen LogP contribution in [0.4, 0.5) is 13.2 Å². The van der Waals surface area contributed by atoms with Gasteiger partial charge in [0.15, 0.2) is 0 Å². The molecule has 10 heteroatoms. The van der Waals surface area contributed by atoms with Crippen LogP contribution < -0.4 is 5.32 Å². The molecule has 3 rings (SSSR count). The van der Waals surface area contributed by atoms with Crippen molar-refractivity contribution in [2.45, 2.75) is 37.0 Å². The highest BCUT2D eigenvalue weighted by Gasteiger charge is 2.35. The third-order valence-electron chi connectivity index (χ3n) is 5.61. The van der Waals surface area contributed by atoms with Crippen molar-refractivity contribution in [1.29, 1.82) is 0 Å². The van der Waals surface area contributed by atoms with Gasteiger partial charge in [0.1, 0.15) is 0 Å². The number of piperidine rings is 1. The van der Waals surface area contributed by atoms with E-state index < -0.39 is 26.7 Å². The summed E-state index contributed by atoms with van der Waals surface area (Å²) in [4.78, 5) is 14.2. The molecule has 0 saturated carbocycles. The van der Waals surface area contributed by atoms with E-state index in [9.17, 15) is 26.4 Å². The first-order valence-corrected chi connectivity index (χ1v) is 12.1. The molecule has 0 unspecified atom stereocenters. The lowest BCUT2D eigenvalue weighted by molar-refractivity contribution is -0.137. The number of nitrogens with one attached hydrogen (secondary N) is 1. The summed E-state index contributed by atoms with van der Waals surface area (Å²) in [6, 6.07) is 11.7. The molecule has 1 fully saturated rings. The Bertz CT molecular complexity index is 1060. The Hall–Kier alpha value is -2.43. The van der Waals surface area contributed by atoms with Crippen LogP contribution in [0, 0.1) is 5.92 Å². The van der Waals surface area contributed by atoms with E-state index in [1.807, 2.05) is 38.4 Å². The van der Waals surface area contributed by atoms with Gasteiger partial charge in [0.05, 0.1) is 10.5 Å². The van der Waals surface area contributed by atoms with Crippen molar-refractivity contribution in [1.82, 2.24) is 14.5 Å². The number of hydrogen-bond donors (Lipinski definition) is 1. The first kappa shape index (κ1) is 25.2. The molecule has 2 aromatic carbocycles. The quantitative estimate of drug-likeness (QED) is 0.655. The van der Waals surface area contributed by atoms with Crippen molar-refractivity contribution in [2.75, 3.05) is 27.2 Å². The van der Waals surface area contributed by atoms with Gasteiger partial charge < -0.3 is 10.2 Å². The van der Waals surface area contributed by atoms with Gasteiger partial charge in [0.2, 0.25) is 15.9 Å². The molecule has 6 nitrogen and oxygen atoms in total. The van der Waals surface area contributed by atoms with Crippen LogP contribution in [0.3, 0.4) is 0 Å². The summed E-state index contributed by atoms with van der Waals surface area (Å²) >= 11 is 0. The molecular formula is C23H28F3N3O3S. The van der Waals surface area contributed by atoms with Crippen LogP contribution in [0.5, 0.6) is 0 Å². The van der Waals surface area contributed by atoms with Crippen LogP contribution in [-0.4, -0.2) is 50.7 Å². The summed E-state index contributed by atoms with van der Waals surface area (Å²) in [5.74, 6) is -0.491. The Labute approximate surface area is 192 Å². The summed E-state index contributed by atoms with van der Waals surface area (Å²) < 4.78 is 65.6. The fourth-order valence-corrected chi connectivity index (χ4v) is 5.32. The highest BCUT2D eigenvalue weighted by atomic mass is 32.2. The van der Waals surface area contributed by atoms with Crippen LogP contribution in [-0.2, 0) is 34.1 Å². The van der Waals surface area contributed by atoms with E-state index in [2.05, 4.69) is 10.2 Å². The van der Waals surface area contributed by atoms with Crippen molar-refractivity contribution >= 4 is 15.9 Å². The normalized spacial score (nSPS) is 16.2. The van der Waals surface area contributed by atoms with E-state index >= 15 is 0 Å². The largest absolute Gasteiger partial charge is 0.416 e. The maximum Gasteiger partial charge on any atom is 0.416 e. The van der Waals surface area contributed by atoms with Gasteiger partial charge in [-0.2, -0.15) is 17.5 Å². The summed E-state index contributed by atoms with van der Waals surface area (Å²) in [6.07, 6.45) is -4.00. The van der Waals surface area contributed by atoms with E-state index in [0.29, 0.717) is 25.5 Å². The molecule has 180 valence electrons. The average molecular weight is 484 g/mol. The van der Waals surface area contributed by atoms with Crippen LogP contribution in [0.1, 0.15) is 29.5 Å². The van der Waals surface area contributed by atoms with Crippen LogP contribution >= 0.6 is 0 Å². The maximum atomic E-state index is 12.9. The maximum absolute atomic E-state index is 12.9. The molecular weight excluding hydrogens is 455 g/mol. The minimum Gasteiger partial charge on any atom is -0.352 e. The fourth-order valence-electron chi connectivity index (χ4n) is 3.80. The molecule has 1 aliphatic heterocycles. The Kier molecular flexibility index (Phi) is 7.81. The number of rotatable bonds is 7. The van der Waals surface area contributed by atoms with E-state index in [-0.39, 0.29) is 24.9 Å². The number of nitrogens with zero attached hydrogens (tertiary/aromatic N) is 2. The molecule has 1 amide bonds. The number of hydrogen-bond acceptors (Lipinski definition) is 4. The summed E-state index contributed by atoms with van der Waals surface area (Å²) in [6.45, 7) is 1.37. The van der Waals surface area contributed by atoms with Gasteiger partial charge >= 0.3 is 6.18 Å². The lowest BCUT2D eigenvalue weighted by Gasteiger charge is -2.30. The zero-order valence-corrected chi connectivity index (χ0v) is 19.4. The molecule has 33 heavy (non-hydrogen) atoms. The Balaban J connectivity index is 1.54. The number of sulfonamides is 1. The average Bonchev–Trinajstić information content (AvgIpc) is 2.77. The molecule has 0 atom stereocenters. The van der Waals surface area contributed by atoms with Crippen LogP contribution in [0.15, 0.2) is 53.4 Å². The molecule has 1 saturated heterocycles. The van der Waals surface area contributed by atoms with E-state index in [4.69, 9.17) is 0 Å². The van der Waals surface area contributed by atoms with Crippen LogP contribution in [0.25, 0.3) is 0 Å². The Morgan fingerprint density at radius 2 is 1.67 bits per heavy atom. The van der Waals surface area contributed by atoms with Crippen molar-refractivity contribution in [2.24, 2.45) is 5.92 Å². The second-order valence-corrected chi connectivity index (χ2v) is 10.4. The molecule has 1 aliphatic rings. The predicted molar refractivity (Wildman–Crippen MR) is 119 cm³/mol. The van der Waals surface area contributed by atoms with Gasteiger partial charge in [-0.3, -0.25) is 4.79 Å². The number of carbonyl (C=O) groups excluding carboxylic acids is 1. The first-order chi connectivity index (χ1) is 15.5. The molecule has 1 N–H and O–H groups in total. The molecule has 2 aromatic rings. The summed E-state index contributed by atoms with van der Waals surface area (Å²) in [5.41, 5.74) is 1.13. The number of halogens is 3. The van der Waals surface area contributed by atoms with Gasteiger partial charge in [-0.05, 0) is 56.3 Å². The van der Waals surface area contributed by atoms with E-state index in [0.717, 1.165) is 34.6 Å². The van der Waals surface area contributed by atoms with Gasteiger partial charge in [0.25, 0.3) is 0 Å². The van der Waals surface area contributed by atoms with E-state index in [1.54, 1.807) is 0 Å². The minimum atomic E-state index is -4.62. The van der Waals surface area contributed by atoms with Crippen LogP contribution in [0.2, 0.25) is 0 Å². The highest BCUT2D eigenvalue weighted by Crippen LogP contribution is 2.32. The van der Waals surface area contributed by atoms with Gasteiger partial charge in [-0.25, -0.2) is 8.42 Å². The lowest BCUT2D eigenvalue weighted by Crippen LogP contribution is -2.42. The van der Waals surface area contributed by atoms with Crippen molar-refractivity contribution in [3.8, 4) is 0 Å². The molecule has 0 radical (unpaired) electrons. The second-order valence-electron chi connectivity index (χ2n) is 8.48. The molecule has 0 aliphatic carbocycles. The fraction of sp³-hybridized carbons (Fsp3) is 0.435. The SMILES string of the molecule is CN(C)Cc1ccc(CNC(=O)C2CCN(S(=O)(=O)c3cccc(C(F)(F)F)c3)CC2)cc1. The van der Waals surface area contributed by atoms with Gasteiger partial charge in [-0.15, -0.1) is 0 Å². The lowest BCUT2D eigenvalue weighted by atomic mass is 9.97. The third-order valence-corrected chi connectivity index (χ3v) is 7.51. The highest BCUT2D eigenvalue weighted by molar-refractivity contribution is 7.89. The summed E-state index contributed by atoms with van der Waals surface area (Å²) in [5, 5.41) is 2.90. The van der Waals surface area contributed by atoms with Crippen molar-refractivity contribution in [3.05, 3.63) is 65.2 Å². The van der Waals surface area contributed by atoms with Crippen molar-refractivity contribution in [3.63, 3.8) is 0 Å². The van der Waals surface area contributed by atoms with E-state index in [1.165, 1.54) is 5.56 Å². The third kappa shape index (κ3) is 6.55. The topological polar surface area (TPSA) is 69.7 Å². The number of alkyl halides is 3. The Morgan fingerprint density at radius 1 is 1.06 bits per heavy atom. The molecule has 0 aromatic heterocycles. The number of benzene rings is 2. The Morgan fingerprint density at radius 3 is 2.24 bits per heavy atom. The monoisotopic (exact) mass is 483 g/mol. The van der Waals surface area contributed by atoms with Gasteiger partial charge in [-0.1, -0.05) is 30.3 Å². The molecule has 0 spiro atoms. The first-order valence-electron chi connectivity index (χ1n) is 10.6. The number of carbonyl (C=O) groups is 1. The second kappa shape index (κ2) is 10.2. The van der Waals surface area contributed by atoms with Crippen molar-refractivity contribution < 1.29 is 26.4 Å². The molecule has 0 bridgehead atoms. The number of amides is 1. The summed E-state index contributed by atoms with van der Waals surface area (Å²) in [7, 11) is -0.0831. The smallest absolute Gasteiger partial charge is 0.352 e. The zero-order chi connectivity index (χ0) is 24.2. The minimum absolute atomic E-state index is 0.0793. The standard InChI is InChI=1S/C23H28F3N3O3S/c1-28(2)16-18-8-6-17(7-9-18)15-27-22(30)19-10-12-29(13-11-19)33(31,32)21-5-3-4-20(14-21)23(24,25)26/h3-9,14,19H,10-13,15-16H2,1-2H3,(H,27,30). The molecule has 1 heterocycles. The van der Waals surface area contributed by atoms with Gasteiger partial charge in [0, 0.05) is 32.1 Å².